The maximum atomic E-state index is 4.78. The van der Waals surface area contributed by atoms with Gasteiger partial charge in [-0.1, -0.05) is 42.1 Å². The maximum absolute atomic E-state index is 4.78. The van der Waals surface area contributed by atoms with Crippen LogP contribution < -0.4 is 0 Å². The van der Waals surface area contributed by atoms with E-state index in [1.54, 1.807) is 0 Å². The van der Waals surface area contributed by atoms with E-state index in [1.807, 2.05) is 11.8 Å². The number of nitrogens with zero attached hydrogens (tertiary/aromatic N) is 3. The highest BCUT2D eigenvalue weighted by Gasteiger charge is 2.53. The molecule has 0 aliphatic heterocycles. The van der Waals surface area contributed by atoms with Crippen LogP contribution in [0.4, 0.5) is 0 Å². The third-order valence-electron chi connectivity index (χ3n) is 6.76. The molecule has 4 bridgehead atoms. The summed E-state index contributed by atoms with van der Waals surface area (Å²) >= 11 is 1.84. The Kier molecular flexibility index (Phi) is 3.92. The van der Waals surface area contributed by atoms with Gasteiger partial charge in [-0.25, -0.2) is 0 Å². The van der Waals surface area contributed by atoms with Crippen molar-refractivity contribution in [2.75, 3.05) is 0 Å². The number of thioether (sulfide) groups is 1. The fourth-order valence-electron chi connectivity index (χ4n) is 6.18. The zero-order valence-electron chi connectivity index (χ0n) is 15.0. The molecule has 6 rings (SSSR count). The van der Waals surface area contributed by atoms with Crippen molar-refractivity contribution in [3.63, 3.8) is 0 Å². The Morgan fingerprint density at radius 3 is 2.24 bits per heavy atom. The highest BCUT2D eigenvalue weighted by atomic mass is 32.2. The van der Waals surface area contributed by atoms with Crippen LogP contribution in [0.15, 0.2) is 35.5 Å². The Morgan fingerprint density at radius 1 is 1.00 bits per heavy atom. The van der Waals surface area contributed by atoms with Gasteiger partial charge in [-0.05, 0) is 68.8 Å². The molecule has 4 saturated carbocycles. The molecule has 4 aliphatic rings. The van der Waals surface area contributed by atoms with Gasteiger partial charge in [0.15, 0.2) is 5.16 Å². The molecule has 4 heteroatoms. The molecule has 0 N–H and O–H groups in total. The molecule has 0 amide bonds. The van der Waals surface area contributed by atoms with Gasteiger partial charge in [-0.3, -0.25) is 0 Å². The predicted molar refractivity (Wildman–Crippen MR) is 102 cm³/mol. The average Bonchev–Trinajstić information content (AvgIpc) is 3.03. The summed E-state index contributed by atoms with van der Waals surface area (Å²) < 4.78 is 2.43. The minimum atomic E-state index is 0.337. The van der Waals surface area contributed by atoms with Crippen LogP contribution in [-0.4, -0.2) is 14.8 Å². The summed E-state index contributed by atoms with van der Waals surface area (Å²) in [5, 5.41) is 10.5. The normalized spacial score (nSPS) is 33.1. The largest absolute Gasteiger partial charge is 0.306 e. The van der Waals surface area contributed by atoms with E-state index in [2.05, 4.69) is 46.9 Å². The monoisotopic (exact) mass is 353 g/mol. The Balaban J connectivity index is 1.42. The van der Waals surface area contributed by atoms with Gasteiger partial charge in [0.25, 0.3) is 0 Å². The van der Waals surface area contributed by atoms with Crippen LogP contribution in [0.2, 0.25) is 0 Å². The van der Waals surface area contributed by atoms with Crippen LogP contribution in [0, 0.1) is 17.8 Å². The molecule has 1 aromatic carbocycles. The molecular weight excluding hydrogens is 326 g/mol. The van der Waals surface area contributed by atoms with Gasteiger partial charge < -0.3 is 4.57 Å². The van der Waals surface area contributed by atoms with E-state index >= 15 is 0 Å². The summed E-state index contributed by atoms with van der Waals surface area (Å²) in [6.45, 7) is 3.24. The lowest BCUT2D eigenvalue weighted by atomic mass is 9.49. The molecule has 25 heavy (non-hydrogen) atoms. The lowest BCUT2D eigenvalue weighted by Crippen LogP contribution is -2.49. The average molecular weight is 354 g/mol. The van der Waals surface area contributed by atoms with E-state index in [0.29, 0.717) is 5.41 Å². The Bertz CT molecular complexity index is 716. The third-order valence-corrected chi connectivity index (χ3v) is 7.79. The molecule has 0 spiro atoms. The van der Waals surface area contributed by atoms with Gasteiger partial charge in [0.05, 0.1) is 0 Å². The summed E-state index contributed by atoms with van der Waals surface area (Å²) in [5.41, 5.74) is 1.69. The van der Waals surface area contributed by atoms with Crippen LogP contribution in [0.25, 0.3) is 0 Å². The Morgan fingerprint density at radius 2 is 1.64 bits per heavy atom. The van der Waals surface area contributed by atoms with Crippen molar-refractivity contribution in [3.8, 4) is 0 Å². The van der Waals surface area contributed by atoms with Crippen LogP contribution in [0.3, 0.4) is 0 Å². The number of aromatic nitrogens is 3. The van der Waals surface area contributed by atoms with Gasteiger partial charge >= 0.3 is 0 Å². The second-order valence-corrected chi connectivity index (χ2v) is 9.47. The van der Waals surface area contributed by atoms with Crippen molar-refractivity contribution in [3.05, 3.63) is 41.7 Å². The lowest BCUT2D eigenvalue weighted by molar-refractivity contribution is -0.0113. The minimum Gasteiger partial charge on any atom is -0.306 e. The molecule has 3 nitrogen and oxygen atoms in total. The minimum absolute atomic E-state index is 0.337. The van der Waals surface area contributed by atoms with Crippen LogP contribution in [0.1, 0.15) is 56.8 Å². The van der Waals surface area contributed by atoms with E-state index in [1.165, 1.54) is 49.9 Å². The molecule has 1 aromatic heterocycles. The van der Waals surface area contributed by atoms with Gasteiger partial charge in [0, 0.05) is 17.7 Å². The van der Waals surface area contributed by atoms with E-state index < -0.39 is 0 Å². The Hall–Kier alpha value is -1.29. The molecular formula is C21H27N3S. The van der Waals surface area contributed by atoms with Crippen LogP contribution >= 0.6 is 11.8 Å². The summed E-state index contributed by atoms with van der Waals surface area (Å²) in [6, 6.07) is 10.7. The first kappa shape index (κ1) is 15.9. The van der Waals surface area contributed by atoms with Crippen molar-refractivity contribution in [2.24, 2.45) is 17.8 Å². The highest BCUT2D eigenvalue weighted by Crippen LogP contribution is 2.60. The number of rotatable bonds is 5. The van der Waals surface area contributed by atoms with Gasteiger partial charge in [0.2, 0.25) is 0 Å². The van der Waals surface area contributed by atoms with Crippen molar-refractivity contribution in [1.82, 2.24) is 14.8 Å². The number of benzene rings is 1. The predicted octanol–water partition coefficient (Wildman–Crippen LogP) is 5.06. The van der Waals surface area contributed by atoms with Crippen molar-refractivity contribution in [1.29, 1.82) is 0 Å². The molecule has 0 saturated heterocycles. The first-order valence-electron chi connectivity index (χ1n) is 9.86. The first-order valence-corrected chi connectivity index (χ1v) is 10.8. The smallest absolute Gasteiger partial charge is 0.191 e. The van der Waals surface area contributed by atoms with E-state index in [9.17, 15) is 0 Å². The quantitative estimate of drug-likeness (QED) is 0.704. The van der Waals surface area contributed by atoms with Crippen LogP contribution in [0.5, 0.6) is 0 Å². The second kappa shape index (κ2) is 6.15. The van der Waals surface area contributed by atoms with Gasteiger partial charge in [0.1, 0.15) is 5.82 Å². The first-order chi connectivity index (χ1) is 12.3. The van der Waals surface area contributed by atoms with Crippen molar-refractivity contribution < 1.29 is 0 Å². The summed E-state index contributed by atoms with van der Waals surface area (Å²) in [7, 11) is 0. The topological polar surface area (TPSA) is 30.7 Å². The fourth-order valence-corrected chi connectivity index (χ4v) is 7.14. The molecule has 4 aliphatic carbocycles. The summed E-state index contributed by atoms with van der Waals surface area (Å²) in [6.07, 6.45) is 8.53. The molecule has 0 atom stereocenters. The SMILES string of the molecule is CCn1c(SCc2ccccc2)nnc1C12CC3CC(CC(C3)C1)C2. The third kappa shape index (κ3) is 2.73. The summed E-state index contributed by atoms with van der Waals surface area (Å²) in [4.78, 5) is 0. The molecule has 0 radical (unpaired) electrons. The van der Waals surface area contributed by atoms with Crippen molar-refractivity contribution >= 4 is 11.8 Å². The molecule has 1 heterocycles. The fraction of sp³-hybridized carbons (Fsp3) is 0.619. The summed E-state index contributed by atoms with van der Waals surface area (Å²) in [5.74, 6) is 5.14. The zero-order valence-corrected chi connectivity index (χ0v) is 15.8. The van der Waals surface area contributed by atoms with Crippen LogP contribution in [-0.2, 0) is 17.7 Å². The molecule has 4 fully saturated rings. The maximum Gasteiger partial charge on any atom is 0.191 e. The molecule has 2 aromatic rings. The number of hydrogen-bond donors (Lipinski definition) is 0. The second-order valence-electron chi connectivity index (χ2n) is 8.52. The lowest BCUT2D eigenvalue weighted by Gasteiger charge is -2.56. The van der Waals surface area contributed by atoms with Gasteiger partial charge in [-0.2, -0.15) is 0 Å². The van der Waals surface area contributed by atoms with E-state index in [0.717, 1.165) is 35.2 Å². The van der Waals surface area contributed by atoms with Crippen molar-refractivity contribution in [2.45, 2.75) is 68.3 Å². The molecule has 0 unspecified atom stereocenters. The van der Waals surface area contributed by atoms with E-state index in [-0.39, 0.29) is 0 Å². The van der Waals surface area contributed by atoms with Gasteiger partial charge in [-0.15, -0.1) is 10.2 Å². The highest BCUT2D eigenvalue weighted by molar-refractivity contribution is 7.98. The Labute approximate surface area is 154 Å². The molecule has 132 valence electrons. The standard InChI is InChI=1S/C21H27N3S/c1-2-24-19(21-11-16-8-17(12-21)10-18(9-16)13-21)22-23-20(24)25-14-15-6-4-3-5-7-15/h3-7,16-18H,2,8-14H2,1H3. The van der Waals surface area contributed by atoms with E-state index in [4.69, 9.17) is 5.10 Å². The number of hydrogen-bond acceptors (Lipinski definition) is 3. The zero-order chi connectivity index (χ0) is 16.9.